The molecule has 8 heteroatoms. The molecule has 0 aromatic carbocycles. The fourth-order valence-electron chi connectivity index (χ4n) is 0.453. The first kappa shape index (κ1) is 13.4. The van der Waals surface area contributed by atoms with Crippen molar-refractivity contribution in [2.75, 3.05) is 12.4 Å². The number of aliphatic hydroxyl groups excluding tert-OH is 2. The summed E-state index contributed by atoms with van der Waals surface area (Å²) in [6.07, 6.45) is -1.38. The highest BCUT2D eigenvalue weighted by Gasteiger charge is 2.31. The molecule has 0 bridgehead atoms. The van der Waals surface area contributed by atoms with Gasteiger partial charge in [-0.3, -0.25) is 0 Å². The van der Waals surface area contributed by atoms with Crippen molar-refractivity contribution in [1.82, 2.24) is 0 Å². The normalized spacial score (nSPS) is 19.5. The molecule has 0 aliphatic carbocycles. The first-order valence-corrected chi connectivity index (χ1v) is 6.61. The Morgan fingerprint density at radius 3 is 2.31 bits per heavy atom. The van der Waals surface area contributed by atoms with Crippen molar-refractivity contribution < 1.29 is 29.7 Å². The van der Waals surface area contributed by atoms with Crippen LogP contribution in [0.4, 0.5) is 0 Å². The number of hydrogen-bond donors (Lipinski definition) is 5. The Labute approximate surface area is 79.5 Å². The summed E-state index contributed by atoms with van der Waals surface area (Å²) < 4.78 is 10.4. The maximum Gasteiger partial charge on any atom is 0.384 e. The SMILES string of the molecule is C[C@](O)(CO)[C@@H](O)CSP(=O)(O)O. The zero-order chi connectivity index (χ0) is 10.7. The van der Waals surface area contributed by atoms with Gasteiger partial charge >= 0.3 is 6.80 Å². The van der Waals surface area contributed by atoms with Gasteiger partial charge in [0.2, 0.25) is 0 Å². The third-order valence-corrected chi connectivity index (χ3v) is 3.70. The molecule has 6 nitrogen and oxygen atoms in total. The second-order valence-corrected chi connectivity index (χ2v) is 6.59. The third-order valence-electron chi connectivity index (χ3n) is 1.44. The molecule has 0 radical (unpaired) electrons. The summed E-state index contributed by atoms with van der Waals surface area (Å²) in [4.78, 5) is 16.8. The summed E-state index contributed by atoms with van der Waals surface area (Å²) in [6.45, 7) is -3.73. The fraction of sp³-hybridized carbons (Fsp3) is 1.00. The maximum absolute atomic E-state index is 10.4. The molecular formula is C5H13O6PS. The summed E-state index contributed by atoms with van der Waals surface area (Å²) in [5, 5.41) is 27.0. The minimum absolute atomic E-state index is 0.229. The van der Waals surface area contributed by atoms with Gasteiger partial charge in [0.25, 0.3) is 0 Å². The molecule has 13 heavy (non-hydrogen) atoms. The van der Waals surface area contributed by atoms with Crippen molar-refractivity contribution in [3.8, 4) is 0 Å². The van der Waals surface area contributed by atoms with Crippen LogP contribution in [0.3, 0.4) is 0 Å². The minimum atomic E-state index is -4.24. The van der Waals surface area contributed by atoms with Crippen LogP contribution in [-0.2, 0) is 4.57 Å². The lowest BCUT2D eigenvalue weighted by Crippen LogP contribution is -2.44. The Kier molecular flexibility index (Phi) is 4.88. The Balaban J connectivity index is 4.02. The Hall–Kier alpha value is 0.380. The minimum Gasteiger partial charge on any atom is -0.393 e. The van der Waals surface area contributed by atoms with Crippen LogP contribution in [0.1, 0.15) is 6.92 Å². The molecule has 0 heterocycles. The molecule has 2 atom stereocenters. The van der Waals surface area contributed by atoms with Gasteiger partial charge in [0.15, 0.2) is 0 Å². The molecule has 0 unspecified atom stereocenters. The lowest BCUT2D eigenvalue weighted by molar-refractivity contribution is -0.0818. The highest BCUT2D eigenvalue weighted by Crippen LogP contribution is 2.50. The molecule has 0 fully saturated rings. The monoisotopic (exact) mass is 232 g/mol. The van der Waals surface area contributed by atoms with Crippen LogP contribution in [0, 0.1) is 0 Å². The van der Waals surface area contributed by atoms with Gasteiger partial charge in [-0.1, -0.05) is 0 Å². The molecule has 80 valence electrons. The van der Waals surface area contributed by atoms with Gasteiger partial charge in [-0.15, -0.1) is 0 Å². The van der Waals surface area contributed by atoms with Gasteiger partial charge in [0, 0.05) is 5.75 Å². The van der Waals surface area contributed by atoms with E-state index >= 15 is 0 Å². The predicted molar refractivity (Wildman–Crippen MR) is 48.2 cm³/mol. The smallest absolute Gasteiger partial charge is 0.384 e. The molecular weight excluding hydrogens is 219 g/mol. The van der Waals surface area contributed by atoms with Crippen molar-refractivity contribution >= 4 is 18.2 Å². The molecule has 0 aliphatic rings. The average molecular weight is 232 g/mol. The molecule has 0 saturated carbocycles. The quantitative estimate of drug-likeness (QED) is 0.382. The van der Waals surface area contributed by atoms with E-state index in [1.165, 1.54) is 6.92 Å². The summed E-state index contributed by atoms with van der Waals surface area (Å²) in [6, 6.07) is 0. The van der Waals surface area contributed by atoms with E-state index in [1.54, 1.807) is 0 Å². The largest absolute Gasteiger partial charge is 0.393 e. The van der Waals surface area contributed by atoms with E-state index in [2.05, 4.69) is 0 Å². The van der Waals surface area contributed by atoms with Crippen molar-refractivity contribution in [1.29, 1.82) is 0 Å². The second kappa shape index (κ2) is 4.75. The lowest BCUT2D eigenvalue weighted by atomic mass is 10.0. The first-order chi connectivity index (χ1) is 5.69. The maximum atomic E-state index is 10.4. The zero-order valence-electron chi connectivity index (χ0n) is 6.99. The van der Waals surface area contributed by atoms with Crippen LogP contribution in [0.25, 0.3) is 0 Å². The summed E-state index contributed by atoms with van der Waals surface area (Å²) in [7, 11) is 0. The van der Waals surface area contributed by atoms with Crippen molar-refractivity contribution in [2.45, 2.75) is 18.6 Å². The molecule has 0 saturated heterocycles. The highest BCUT2D eigenvalue weighted by atomic mass is 32.7. The van der Waals surface area contributed by atoms with Gasteiger partial charge in [-0.2, -0.15) is 0 Å². The molecule has 5 N–H and O–H groups in total. The molecule has 0 rings (SSSR count). The molecule has 0 spiro atoms. The fourth-order valence-corrected chi connectivity index (χ4v) is 2.15. The van der Waals surface area contributed by atoms with Gasteiger partial charge in [-0.05, 0) is 18.3 Å². The standard InChI is InChI=1S/C5H13O6PS/c1-5(8,3-6)4(7)2-13-12(9,10)11/h4,6-8H,2-3H2,1H3,(H2,9,10,11)/t4-,5-/m0/s1. The van der Waals surface area contributed by atoms with Gasteiger partial charge in [-0.25, -0.2) is 4.57 Å². The van der Waals surface area contributed by atoms with Crippen LogP contribution in [0.5, 0.6) is 0 Å². The number of hydrogen-bond acceptors (Lipinski definition) is 5. The van der Waals surface area contributed by atoms with E-state index < -0.39 is 25.1 Å². The summed E-state index contributed by atoms with van der Waals surface area (Å²) >= 11 is 0.229. The van der Waals surface area contributed by atoms with Gasteiger partial charge in [0.1, 0.15) is 5.60 Å². The van der Waals surface area contributed by atoms with Crippen LogP contribution < -0.4 is 0 Å². The van der Waals surface area contributed by atoms with Gasteiger partial charge in [0.05, 0.1) is 12.7 Å². The van der Waals surface area contributed by atoms with Crippen LogP contribution >= 0.6 is 18.2 Å². The van der Waals surface area contributed by atoms with Crippen molar-refractivity contribution in [2.24, 2.45) is 0 Å². The van der Waals surface area contributed by atoms with Crippen LogP contribution in [-0.4, -0.2) is 49.2 Å². The van der Waals surface area contributed by atoms with E-state index in [-0.39, 0.29) is 17.1 Å². The lowest BCUT2D eigenvalue weighted by Gasteiger charge is -2.26. The van der Waals surface area contributed by atoms with E-state index in [9.17, 15) is 9.67 Å². The molecule has 0 aromatic heterocycles. The first-order valence-electron chi connectivity index (χ1n) is 3.40. The highest BCUT2D eigenvalue weighted by molar-refractivity contribution is 8.54. The molecule has 0 aliphatic heterocycles. The Morgan fingerprint density at radius 2 is 2.00 bits per heavy atom. The summed E-state index contributed by atoms with van der Waals surface area (Å²) in [5.74, 6) is -0.335. The third kappa shape index (κ3) is 5.64. The number of aliphatic hydroxyl groups is 3. The Bertz CT molecular complexity index is 201. The summed E-state index contributed by atoms with van der Waals surface area (Å²) in [5.41, 5.74) is -1.73. The van der Waals surface area contributed by atoms with E-state index in [0.717, 1.165) is 0 Å². The molecule has 0 amide bonds. The predicted octanol–water partition coefficient (Wildman–Crippen LogP) is -1.08. The van der Waals surface area contributed by atoms with E-state index in [0.29, 0.717) is 0 Å². The average Bonchev–Trinajstić information content (AvgIpc) is 1.98. The topological polar surface area (TPSA) is 118 Å². The zero-order valence-corrected chi connectivity index (χ0v) is 8.70. The Morgan fingerprint density at radius 1 is 1.54 bits per heavy atom. The van der Waals surface area contributed by atoms with Crippen molar-refractivity contribution in [3.63, 3.8) is 0 Å². The molecule has 0 aromatic rings. The number of rotatable bonds is 5. The van der Waals surface area contributed by atoms with Crippen molar-refractivity contribution in [3.05, 3.63) is 0 Å². The van der Waals surface area contributed by atoms with Crippen LogP contribution in [0.2, 0.25) is 0 Å². The van der Waals surface area contributed by atoms with Gasteiger partial charge < -0.3 is 25.1 Å². The van der Waals surface area contributed by atoms with E-state index in [1.807, 2.05) is 0 Å². The van der Waals surface area contributed by atoms with E-state index in [4.69, 9.17) is 20.0 Å². The van der Waals surface area contributed by atoms with Crippen LogP contribution in [0.15, 0.2) is 0 Å². The second-order valence-electron chi connectivity index (χ2n) is 2.82.